The molecule has 0 N–H and O–H groups in total. The molecule has 1 aliphatic heterocycles. The highest BCUT2D eigenvalue weighted by Crippen LogP contribution is 2.21. The second-order valence-corrected chi connectivity index (χ2v) is 5.93. The van der Waals surface area contributed by atoms with Crippen LogP contribution in [0, 0.1) is 0 Å². The summed E-state index contributed by atoms with van der Waals surface area (Å²) >= 11 is 1.72. The van der Waals surface area contributed by atoms with Gasteiger partial charge in [-0.05, 0) is 32.2 Å². The van der Waals surface area contributed by atoms with Gasteiger partial charge in [0.05, 0.1) is 17.8 Å². The fourth-order valence-corrected chi connectivity index (χ4v) is 3.43. The Bertz CT molecular complexity index is 419. The Balaban J connectivity index is 2.00. The second-order valence-electron chi connectivity index (χ2n) is 4.99. The molecule has 5 heteroatoms. The van der Waals surface area contributed by atoms with E-state index in [4.69, 9.17) is 4.74 Å². The Morgan fingerprint density at radius 2 is 2.42 bits per heavy atom. The predicted molar refractivity (Wildman–Crippen MR) is 76.2 cm³/mol. The monoisotopic (exact) mass is 282 g/mol. The van der Waals surface area contributed by atoms with Gasteiger partial charge in [-0.15, -0.1) is 11.3 Å². The molecule has 0 saturated carbocycles. The van der Waals surface area contributed by atoms with Gasteiger partial charge in [0.1, 0.15) is 6.04 Å². The van der Waals surface area contributed by atoms with Crippen molar-refractivity contribution >= 4 is 17.3 Å². The number of carbonyl (C=O) groups is 1. The molecule has 1 aliphatic rings. The lowest BCUT2D eigenvalue weighted by Crippen LogP contribution is -2.44. The summed E-state index contributed by atoms with van der Waals surface area (Å²) in [4.78, 5) is 18.6. The Morgan fingerprint density at radius 3 is 3.16 bits per heavy atom. The number of rotatable bonds is 5. The van der Waals surface area contributed by atoms with Gasteiger partial charge in [0.2, 0.25) is 0 Å². The minimum absolute atomic E-state index is 0.0879. The number of hydrogen-bond acceptors (Lipinski definition) is 5. The van der Waals surface area contributed by atoms with Crippen LogP contribution in [-0.2, 0) is 22.5 Å². The van der Waals surface area contributed by atoms with Crippen LogP contribution in [0.2, 0.25) is 0 Å². The van der Waals surface area contributed by atoms with Gasteiger partial charge in [-0.3, -0.25) is 9.69 Å². The highest BCUT2D eigenvalue weighted by atomic mass is 32.1. The van der Waals surface area contributed by atoms with Gasteiger partial charge in [-0.2, -0.15) is 0 Å². The zero-order valence-electron chi connectivity index (χ0n) is 11.7. The first kappa shape index (κ1) is 14.5. The Hall–Kier alpha value is -0.940. The minimum atomic E-state index is -0.108. The van der Waals surface area contributed by atoms with Gasteiger partial charge >= 0.3 is 5.97 Å². The fraction of sp³-hybridized carbons (Fsp3) is 0.714. The Labute approximate surface area is 118 Å². The molecule has 106 valence electrons. The first-order valence-corrected chi connectivity index (χ1v) is 7.87. The maximum absolute atomic E-state index is 11.8. The van der Waals surface area contributed by atoms with Crippen molar-refractivity contribution < 1.29 is 9.53 Å². The van der Waals surface area contributed by atoms with Crippen molar-refractivity contribution in [3.05, 3.63) is 16.1 Å². The van der Waals surface area contributed by atoms with Crippen LogP contribution in [0.4, 0.5) is 0 Å². The van der Waals surface area contributed by atoms with Gasteiger partial charge in [-0.25, -0.2) is 4.98 Å². The SMILES string of the molecule is CCCc1nc(CN2CCCCC2C(=O)OC)cs1. The summed E-state index contributed by atoms with van der Waals surface area (Å²) < 4.78 is 4.90. The fourth-order valence-electron chi connectivity index (χ4n) is 2.54. The van der Waals surface area contributed by atoms with E-state index in [1.807, 2.05) is 0 Å². The van der Waals surface area contributed by atoms with Gasteiger partial charge in [-0.1, -0.05) is 13.3 Å². The average Bonchev–Trinajstić information content (AvgIpc) is 2.86. The van der Waals surface area contributed by atoms with Gasteiger partial charge in [0.15, 0.2) is 0 Å². The second kappa shape index (κ2) is 7.01. The van der Waals surface area contributed by atoms with Crippen molar-refractivity contribution in [1.29, 1.82) is 0 Å². The van der Waals surface area contributed by atoms with Crippen LogP contribution >= 0.6 is 11.3 Å². The number of methoxy groups -OCH3 is 1. The van der Waals surface area contributed by atoms with E-state index in [-0.39, 0.29) is 12.0 Å². The lowest BCUT2D eigenvalue weighted by atomic mass is 10.0. The number of carbonyl (C=O) groups excluding carboxylic acids is 1. The summed E-state index contributed by atoms with van der Waals surface area (Å²) in [6.07, 6.45) is 5.33. The average molecular weight is 282 g/mol. The van der Waals surface area contributed by atoms with Gasteiger partial charge in [0, 0.05) is 11.9 Å². The third-order valence-electron chi connectivity index (χ3n) is 3.52. The molecule has 0 aromatic carbocycles. The maximum atomic E-state index is 11.8. The largest absolute Gasteiger partial charge is 0.468 e. The van der Waals surface area contributed by atoms with E-state index >= 15 is 0 Å². The molecular weight excluding hydrogens is 260 g/mol. The summed E-state index contributed by atoms with van der Waals surface area (Å²) in [6.45, 7) is 3.89. The van der Waals surface area contributed by atoms with Gasteiger partial charge < -0.3 is 4.74 Å². The number of thiazole rings is 1. The van der Waals surface area contributed by atoms with E-state index in [0.717, 1.165) is 50.9 Å². The zero-order valence-corrected chi connectivity index (χ0v) is 12.5. The standard InChI is InChI=1S/C14H22N2O2S/c1-3-6-13-15-11(10-19-13)9-16-8-5-4-7-12(16)14(17)18-2/h10,12H,3-9H2,1-2H3. The van der Waals surface area contributed by atoms with Gasteiger partial charge in [0.25, 0.3) is 0 Å². The molecule has 1 unspecified atom stereocenters. The normalized spacial score (nSPS) is 20.4. The summed E-state index contributed by atoms with van der Waals surface area (Å²) in [5, 5.41) is 3.32. The van der Waals surface area contributed by atoms with Crippen LogP contribution < -0.4 is 0 Å². The highest BCUT2D eigenvalue weighted by Gasteiger charge is 2.29. The topological polar surface area (TPSA) is 42.4 Å². The molecule has 0 bridgehead atoms. The van der Waals surface area contributed by atoms with Crippen molar-refractivity contribution in [3.63, 3.8) is 0 Å². The number of ether oxygens (including phenoxy) is 1. The Morgan fingerprint density at radius 1 is 1.58 bits per heavy atom. The first-order chi connectivity index (χ1) is 9.24. The van der Waals surface area contributed by atoms with Crippen molar-refractivity contribution in [2.75, 3.05) is 13.7 Å². The van der Waals surface area contributed by atoms with Crippen LogP contribution in [0.1, 0.15) is 43.3 Å². The maximum Gasteiger partial charge on any atom is 0.323 e. The van der Waals surface area contributed by atoms with Crippen LogP contribution in [0.3, 0.4) is 0 Å². The molecule has 0 spiro atoms. The van der Waals surface area contributed by atoms with Crippen molar-refractivity contribution in [1.82, 2.24) is 9.88 Å². The van der Waals surface area contributed by atoms with Crippen LogP contribution in [0.15, 0.2) is 5.38 Å². The lowest BCUT2D eigenvalue weighted by Gasteiger charge is -2.33. The van der Waals surface area contributed by atoms with Crippen molar-refractivity contribution in [2.24, 2.45) is 0 Å². The molecule has 19 heavy (non-hydrogen) atoms. The zero-order chi connectivity index (χ0) is 13.7. The van der Waals surface area contributed by atoms with E-state index in [9.17, 15) is 4.79 Å². The van der Waals surface area contributed by atoms with Crippen molar-refractivity contribution in [2.45, 2.75) is 51.6 Å². The molecule has 0 radical (unpaired) electrons. The molecule has 1 atom stereocenters. The van der Waals surface area contributed by atoms with E-state index < -0.39 is 0 Å². The number of aromatic nitrogens is 1. The predicted octanol–water partition coefficient (Wildman–Crippen LogP) is 2.62. The quantitative estimate of drug-likeness (QED) is 0.779. The number of aryl methyl sites for hydroxylation is 1. The number of hydrogen-bond donors (Lipinski definition) is 0. The third kappa shape index (κ3) is 3.76. The molecule has 1 aromatic rings. The molecule has 1 fully saturated rings. The third-order valence-corrected chi connectivity index (χ3v) is 4.47. The summed E-state index contributed by atoms with van der Waals surface area (Å²) in [5.41, 5.74) is 1.09. The van der Waals surface area contributed by atoms with E-state index in [1.165, 1.54) is 12.1 Å². The van der Waals surface area contributed by atoms with E-state index in [2.05, 4.69) is 22.2 Å². The molecule has 0 aliphatic carbocycles. The molecule has 2 rings (SSSR count). The minimum Gasteiger partial charge on any atom is -0.468 e. The molecule has 2 heterocycles. The Kier molecular flexibility index (Phi) is 5.34. The number of piperidine rings is 1. The smallest absolute Gasteiger partial charge is 0.323 e. The molecule has 1 aromatic heterocycles. The molecular formula is C14H22N2O2S. The number of likely N-dealkylation sites (tertiary alicyclic amines) is 1. The molecule has 1 saturated heterocycles. The summed E-state index contributed by atoms with van der Waals surface area (Å²) in [6, 6.07) is -0.0879. The summed E-state index contributed by atoms with van der Waals surface area (Å²) in [7, 11) is 1.47. The lowest BCUT2D eigenvalue weighted by molar-refractivity contribution is -0.148. The molecule has 4 nitrogen and oxygen atoms in total. The van der Waals surface area contributed by atoms with E-state index in [0.29, 0.717) is 0 Å². The van der Waals surface area contributed by atoms with Crippen molar-refractivity contribution in [3.8, 4) is 0 Å². The number of esters is 1. The van der Waals surface area contributed by atoms with Crippen LogP contribution in [0.25, 0.3) is 0 Å². The number of nitrogens with zero attached hydrogens (tertiary/aromatic N) is 2. The highest BCUT2D eigenvalue weighted by molar-refractivity contribution is 7.09. The van der Waals surface area contributed by atoms with Crippen LogP contribution in [0.5, 0.6) is 0 Å². The molecule has 0 amide bonds. The van der Waals surface area contributed by atoms with E-state index in [1.54, 1.807) is 11.3 Å². The summed E-state index contributed by atoms with van der Waals surface area (Å²) in [5.74, 6) is -0.108. The first-order valence-electron chi connectivity index (χ1n) is 6.99. The van der Waals surface area contributed by atoms with Crippen LogP contribution in [-0.4, -0.2) is 35.5 Å².